The van der Waals surface area contributed by atoms with Crippen LogP contribution in [0.15, 0.2) is 18.3 Å². The largest absolute Gasteiger partial charge is 0.493 e. The van der Waals surface area contributed by atoms with Gasteiger partial charge in [0.05, 0.1) is 7.11 Å². The third-order valence-corrected chi connectivity index (χ3v) is 2.76. The first kappa shape index (κ1) is 13.3. The van der Waals surface area contributed by atoms with Crippen LogP contribution in [-0.4, -0.2) is 30.5 Å². The molecule has 0 unspecified atom stereocenters. The van der Waals surface area contributed by atoms with Crippen LogP contribution in [0, 0.1) is 0 Å². The molecule has 16 heavy (non-hydrogen) atoms. The number of anilines is 1. The van der Waals surface area contributed by atoms with Crippen molar-refractivity contribution in [3.8, 4) is 5.75 Å². The van der Waals surface area contributed by atoms with Gasteiger partial charge in [-0.1, -0.05) is 29.3 Å². The molecular weight excluding hydrogens is 268 g/mol. The van der Waals surface area contributed by atoms with Crippen LogP contribution in [-0.2, 0) is 0 Å². The van der Waals surface area contributed by atoms with Crippen molar-refractivity contribution < 1.29 is 4.74 Å². The number of rotatable bonds is 7. The number of aromatic nitrogens is 1. The van der Waals surface area contributed by atoms with Crippen LogP contribution in [0.1, 0.15) is 19.8 Å². The molecule has 0 aliphatic rings. The number of ether oxygens (including phenoxy) is 1. The van der Waals surface area contributed by atoms with Crippen LogP contribution < -0.4 is 9.64 Å². The van der Waals surface area contributed by atoms with Gasteiger partial charge in [0.15, 0.2) is 11.6 Å². The Bertz CT molecular complexity index is 307. The van der Waals surface area contributed by atoms with E-state index in [1.165, 1.54) is 12.8 Å². The summed E-state index contributed by atoms with van der Waals surface area (Å²) in [6.07, 6.45) is 4.17. The highest BCUT2D eigenvalue weighted by molar-refractivity contribution is 9.09. The van der Waals surface area contributed by atoms with Crippen molar-refractivity contribution in [1.29, 1.82) is 0 Å². The lowest BCUT2D eigenvalue weighted by Gasteiger charge is -2.24. The van der Waals surface area contributed by atoms with Crippen molar-refractivity contribution in [3.63, 3.8) is 0 Å². The van der Waals surface area contributed by atoms with E-state index in [1.807, 2.05) is 18.3 Å². The molecule has 0 aromatic carbocycles. The minimum atomic E-state index is 0.847. The number of pyridine rings is 1. The zero-order valence-electron chi connectivity index (χ0n) is 9.95. The molecule has 0 aliphatic heterocycles. The molecule has 0 aliphatic carbocycles. The highest BCUT2D eigenvalue weighted by Gasteiger charge is 2.11. The third-order valence-electron chi connectivity index (χ3n) is 2.41. The number of hydrogen-bond donors (Lipinski definition) is 0. The smallest absolute Gasteiger partial charge is 0.171 e. The summed E-state index contributed by atoms with van der Waals surface area (Å²) in [6.45, 7) is 4.17. The number of hydrogen-bond acceptors (Lipinski definition) is 3. The molecule has 1 aromatic rings. The van der Waals surface area contributed by atoms with Crippen molar-refractivity contribution in [3.05, 3.63) is 18.3 Å². The lowest BCUT2D eigenvalue weighted by Crippen LogP contribution is -2.27. The van der Waals surface area contributed by atoms with Crippen molar-refractivity contribution in [2.45, 2.75) is 19.8 Å². The van der Waals surface area contributed by atoms with Gasteiger partial charge in [0, 0.05) is 24.6 Å². The lowest BCUT2D eigenvalue weighted by molar-refractivity contribution is 0.412. The van der Waals surface area contributed by atoms with E-state index >= 15 is 0 Å². The third kappa shape index (κ3) is 3.67. The second-order valence-corrected chi connectivity index (χ2v) is 4.35. The Morgan fingerprint density at radius 2 is 2.25 bits per heavy atom. The van der Waals surface area contributed by atoms with Gasteiger partial charge < -0.3 is 9.64 Å². The Morgan fingerprint density at radius 3 is 2.88 bits per heavy atom. The highest BCUT2D eigenvalue weighted by Crippen LogP contribution is 2.24. The maximum absolute atomic E-state index is 5.33. The summed E-state index contributed by atoms with van der Waals surface area (Å²) in [4.78, 5) is 6.66. The summed E-state index contributed by atoms with van der Waals surface area (Å²) >= 11 is 3.48. The first-order chi connectivity index (χ1) is 7.83. The van der Waals surface area contributed by atoms with Gasteiger partial charge in [0.2, 0.25) is 0 Å². The molecule has 90 valence electrons. The molecule has 3 nitrogen and oxygen atoms in total. The zero-order chi connectivity index (χ0) is 11.8. The van der Waals surface area contributed by atoms with Crippen LogP contribution in [0.4, 0.5) is 5.82 Å². The molecule has 0 atom stereocenters. The van der Waals surface area contributed by atoms with E-state index in [4.69, 9.17) is 4.74 Å². The maximum atomic E-state index is 5.33. The number of halogens is 1. The molecule has 4 heteroatoms. The van der Waals surface area contributed by atoms with Crippen molar-refractivity contribution in [1.82, 2.24) is 4.98 Å². The molecule has 0 fully saturated rings. The first-order valence-corrected chi connectivity index (χ1v) is 6.75. The maximum Gasteiger partial charge on any atom is 0.171 e. The average molecular weight is 287 g/mol. The van der Waals surface area contributed by atoms with Gasteiger partial charge in [-0.3, -0.25) is 0 Å². The van der Waals surface area contributed by atoms with Crippen LogP contribution in [0.25, 0.3) is 0 Å². The molecule has 0 radical (unpaired) electrons. The Hall–Kier alpha value is -0.770. The molecule has 0 N–H and O–H groups in total. The summed E-state index contributed by atoms with van der Waals surface area (Å²) in [5, 5.41) is 0.941. The monoisotopic (exact) mass is 286 g/mol. The number of alkyl halides is 1. The number of methoxy groups -OCH3 is 1. The van der Waals surface area contributed by atoms with Crippen LogP contribution in [0.5, 0.6) is 5.75 Å². The Kier molecular flexibility index (Phi) is 6.23. The van der Waals surface area contributed by atoms with Gasteiger partial charge in [-0.05, 0) is 18.6 Å². The van der Waals surface area contributed by atoms with Crippen LogP contribution in [0.2, 0.25) is 0 Å². The van der Waals surface area contributed by atoms with Gasteiger partial charge in [-0.2, -0.15) is 0 Å². The Labute approximate surface area is 106 Å². The van der Waals surface area contributed by atoms with E-state index in [1.54, 1.807) is 7.11 Å². The molecular formula is C12H19BrN2O. The summed E-state index contributed by atoms with van der Waals surface area (Å²) in [6, 6.07) is 3.85. The molecule has 0 spiro atoms. The predicted molar refractivity (Wildman–Crippen MR) is 71.7 cm³/mol. The van der Waals surface area contributed by atoms with Crippen molar-refractivity contribution in [2.24, 2.45) is 0 Å². The van der Waals surface area contributed by atoms with E-state index < -0.39 is 0 Å². The molecule has 0 saturated heterocycles. The SMILES string of the molecule is CCCCN(CCBr)c1ncccc1OC. The van der Waals surface area contributed by atoms with Gasteiger partial charge >= 0.3 is 0 Å². The van der Waals surface area contributed by atoms with Crippen molar-refractivity contribution in [2.75, 3.05) is 30.4 Å². The van der Waals surface area contributed by atoms with Crippen LogP contribution in [0.3, 0.4) is 0 Å². The zero-order valence-corrected chi connectivity index (χ0v) is 11.5. The Balaban J connectivity index is 2.81. The van der Waals surface area contributed by atoms with E-state index in [2.05, 4.69) is 32.7 Å². The molecule has 0 saturated carbocycles. The summed E-state index contributed by atoms with van der Waals surface area (Å²) in [5.41, 5.74) is 0. The van der Waals surface area contributed by atoms with E-state index in [0.29, 0.717) is 0 Å². The Morgan fingerprint density at radius 1 is 1.44 bits per heavy atom. The predicted octanol–water partition coefficient (Wildman–Crippen LogP) is 3.09. The molecule has 0 amide bonds. The fourth-order valence-electron chi connectivity index (χ4n) is 1.55. The minimum absolute atomic E-state index is 0.847. The van der Waals surface area contributed by atoms with Gasteiger partial charge in [-0.25, -0.2) is 4.98 Å². The van der Waals surface area contributed by atoms with Gasteiger partial charge in [-0.15, -0.1) is 0 Å². The second kappa shape index (κ2) is 7.49. The molecule has 1 aromatic heterocycles. The minimum Gasteiger partial charge on any atom is -0.493 e. The molecule has 1 heterocycles. The molecule has 1 rings (SSSR count). The van der Waals surface area contributed by atoms with Crippen molar-refractivity contribution >= 4 is 21.7 Å². The summed E-state index contributed by atoms with van der Waals surface area (Å²) in [7, 11) is 1.69. The highest BCUT2D eigenvalue weighted by atomic mass is 79.9. The second-order valence-electron chi connectivity index (χ2n) is 3.56. The fourth-order valence-corrected chi connectivity index (χ4v) is 1.98. The summed E-state index contributed by atoms with van der Waals surface area (Å²) < 4.78 is 5.33. The lowest BCUT2D eigenvalue weighted by atomic mass is 10.3. The quantitative estimate of drug-likeness (QED) is 0.721. The first-order valence-electron chi connectivity index (χ1n) is 5.63. The standard InChI is InChI=1S/C12H19BrN2O/c1-3-4-9-15(10-7-13)12-11(16-2)6-5-8-14-12/h5-6,8H,3-4,7,9-10H2,1-2H3. The van der Waals surface area contributed by atoms with E-state index in [0.717, 1.165) is 30.0 Å². The summed E-state index contributed by atoms with van der Waals surface area (Å²) in [5.74, 6) is 1.79. The fraction of sp³-hybridized carbons (Fsp3) is 0.583. The number of nitrogens with zero attached hydrogens (tertiary/aromatic N) is 2. The van der Waals surface area contributed by atoms with Gasteiger partial charge in [0.25, 0.3) is 0 Å². The topological polar surface area (TPSA) is 25.4 Å². The molecule has 0 bridgehead atoms. The van der Waals surface area contributed by atoms with Gasteiger partial charge in [0.1, 0.15) is 0 Å². The van der Waals surface area contributed by atoms with E-state index in [9.17, 15) is 0 Å². The normalized spacial score (nSPS) is 10.2. The average Bonchev–Trinajstić information content (AvgIpc) is 2.34. The van der Waals surface area contributed by atoms with Crippen LogP contribution >= 0.6 is 15.9 Å². The van der Waals surface area contributed by atoms with E-state index in [-0.39, 0.29) is 0 Å². The number of unbranched alkanes of at least 4 members (excludes halogenated alkanes) is 1.